The Balaban J connectivity index is 2.25. The number of hydrogen-bond donors (Lipinski definition) is 0. The molecule has 2 aromatic rings. The minimum Gasteiger partial charge on any atom is -0.459 e. The highest BCUT2D eigenvalue weighted by atomic mass is 79.9. The van der Waals surface area contributed by atoms with Gasteiger partial charge in [-0.2, -0.15) is 5.10 Å². The average molecular weight is 340 g/mol. The van der Waals surface area contributed by atoms with E-state index in [1.807, 2.05) is 6.92 Å². The van der Waals surface area contributed by atoms with Crippen LogP contribution in [0, 0.1) is 0 Å². The molecule has 0 aliphatic carbocycles. The van der Waals surface area contributed by atoms with Crippen molar-refractivity contribution in [1.82, 2.24) is 14.8 Å². The SMILES string of the molecule is CO[C@H](C)COC(=O)c1ccc(Br)cc1-n1cncn1. The third-order valence-corrected chi connectivity index (χ3v) is 3.19. The number of aromatic nitrogens is 3. The molecule has 0 spiro atoms. The van der Waals surface area contributed by atoms with Crippen LogP contribution in [0.4, 0.5) is 0 Å². The Morgan fingerprint density at radius 2 is 2.30 bits per heavy atom. The van der Waals surface area contributed by atoms with E-state index in [0.717, 1.165) is 4.47 Å². The van der Waals surface area contributed by atoms with Crippen molar-refractivity contribution in [1.29, 1.82) is 0 Å². The molecule has 2 rings (SSSR count). The summed E-state index contributed by atoms with van der Waals surface area (Å²) in [4.78, 5) is 16.0. The summed E-state index contributed by atoms with van der Waals surface area (Å²) in [6.07, 6.45) is 2.78. The molecule has 0 N–H and O–H groups in total. The van der Waals surface area contributed by atoms with Crippen molar-refractivity contribution in [2.24, 2.45) is 0 Å². The number of hydrogen-bond acceptors (Lipinski definition) is 5. The van der Waals surface area contributed by atoms with Crippen molar-refractivity contribution in [3.63, 3.8) is 0 Å². The second-order valence-electron chi connectivity index (χ2n) is 4.15. The van der Waals surface area contributed by atoms with Gasteiger partial charge in [0.15, 0.2) is 0 Å². The van der Waals surface area contributed by atoms with E-state index in [1.165, 1.54) is 17.3 Å². The molecule has 6 nitrogen and oxygen atoms in total. The van der Waals surface area contributed by atoms with Gasteiger partial charge in [0.1, 0.15) is 19.3 Å². The third kappa shape index (κ3) is 3.43. The fourth-order valence-electron chi connectivity index (χ4n) is 1.54. The largest absolute Gasteiger partial charge is 0.459 e. The van der Waals surface area contributed by atoms with Crippen molar-refractivity contribution in [3.05, 3.63) is 40.9 Å². The number of methoxy groups -OCH3 is 1. The topological polar surface area (TPSA) is 66.2 Å². The van der Waals surface area contributed by atoms with Gasteiger partial charge in [-0.3, -0.25) is 0 Å². The van der Waals surface area contributed by atoms with Crippen LogP contribution in [0.5, 0.6) is 0 Å². The lowest BCUT2D eigenvalue weighted by Gasteiger charge is -2.12. The Bertz CT molecular complexity index is 587. The fourth-order valence-corrected chi connectivity index (χ4v) is 1.89. The van der Waals surface area contributed by atoms with Gasteiger partial charge in [0.05, 0.1) is 17.4 Å². The maximum Gasteiger partial charge on any atom is 0.340 e. The monoisotopic (exact) mass is 339 g/mol. The van der Waals surface area contributed by atoms with Crippen LogP contribution in [0.2, 0.25) is 0 Å². The van der Waals surface area contributed by atoms with Gasteiger partial charge in [-0.25, -0.2) is 14.5 Å². The highest BCUT2D eigenvalue weighted by Gasteiger charge is 2.16. The standard InChI is InChI=1S/C13H14BrN3O3/c1-9(19-2)6-20-13(18)11-4-3-10(14)5-12(11)17-8-15-7-16-17/h3-5,7-9H,6H2,1-2H3/t9-/m1/s1. The third-order valence-electron chi connectivity index (χ3n) is 2.70. The number of nitrogens with zero attached hydrogens (tertiary/aromatic N) is 3. The minimum absolute atomic E-state index is 0.149. The van der Waals surface area contributed by atoms with Crippen LogP contribution in [0.25, 0.3) is 5.69 Å². The smallest absolute Gasteiger partial charge is 0.340 e. The van der Waals surface area contributed by atoms with E-state index in [-0.39, 0.29) is 12.7 Å². The maximum atomic E-state index is 12.1. The van der Waals surface area contributed by atoms with E-state index >= 15 is 0 Å². The molecule has 0 radical (unpaired) electrons. The second-order valence-corrected chi connectivity index (χ2v) is 5.06. The number of benzene rings is 1. The molecule has 1 heterocycles. The van der Waals surface area contributed by atoms with E-state index in [4.69, 9.17) is 9.47 Å². The number of carbonyl (C=O) groups excluding carboxylic acids is 1. The number of ether oxygens (including phenoxy) is 2. The lowest BCUT2D eigenvalue weighted by Crippen LogP contribution is -2.18. The predicted octanol–water partition coefficient (Wildman–Crippen LogP) is 2.22. The molecule has 0 unspecified atom stereocenters. The van der Waals surface area contributed by atoms with E-state index in [9.17, 15) is 4.79 Å². The van der Waals surface area contributed by atoms with Crippen molar-refractivity contribution < 1.29 is 14.3 Å². The number of carbonyl (C=O) groups is 1. The molecule has 0 fully saturated rings. The molecular weight excluding hydrogens is 326 g/mol. The molecule has 1 atom stereocenters. The quantitative estimate of drug-likeness (QED) is 0.781. The van der Waals surface area contributed by atoms with E-state index in [2.05, 4.69) is 26.0 Å². The molecule has 7 heteroatoms. The van der Waals surface area contributed by atoms with Gasteiger partial charge in [0, 0.05) is 11.6 Å². The summed E-state index contributed by atoms with van der Waals surface area (Å²) in [5, 5.41) is 4.03. The van der Waals surface area contributed by atoms with Crippen LogP contribution in [0.1, 0.15) is 17.3 Å². The summed E-state index contributed by atoms with van der Waals surface area (Å²) in [7, 11) is 1.57. The Hall–Kier alpha value is -1.73. The lowest BCUT2D eigenvalue weighted by molar-refractivity contribution is 0.0169. The van der Waals surface area contributed by atoms with Gasteiger partial charge < -0.3 is 9.47 Å². The first kappa shape index (κ1) is 14.7. The van der Waals surface area contributed by atoms with Crippen LogP contribution in [0.15, 0.2) is 35.3 Å². The van der Waals surface area contributed by atoms with E-state index in [1.54, 1.807) is 25.3 Å². The zero-order chi connectivity index (χ0) is 14.5. The van der Waals surface area contributed by atoms with Gasteiger partial charge in [0.2, 0.25) is 0 Å². The molecule has 0 amide bonds. The van der Waals surface area contributed by atoms with Crippen LogP contribution in [-0.2, 0) is 9.47 Å². The Labute approximate surface area is 124 Å². The molecular formula is C13H14BrN3O3. The number of halogens is 1. The van der Waals surface area contributed by atoms with Crippen LogP contribution >= 0.6 is 15.9 Å². The first-order chi connectivity index (χ1) is 9.61. The van der Waals surface area contributed by atoms with Gasteiger partial charge in [0.25, 0.3) is 0 Å². The molecule has 0 aliphatic rings. The van der Waals surface area contributed by atoms with Gasteiger partial charge in [-0.15, -0.1) is 0 Å². The highest BCUT2D eigenvalue weighted by Crippen LogP contribution is 2.20. The average Bonchev–Trinajstić information content (AvgIpc) is 2.98. The Kier molecular flexibility index (Phi) is 4.86. The molecule has 0 aliphatic heterocycles. The van der Waals surface area contributed by atoms with Gasteiger partial charge >= 0.3 is 5.97 Å². The van der Waals surface area contributed by atoms with Crippen LogP contribution in [-0.4, -0.2) is 40.6 Å². The summed E-state index contributed by atoms with van der Waals surface area (Å²) in [5.74, 6) is -0.424. The summed E-state index contributed by atoms with van der Waals surface area (Å²) in [6, 6.07) is 5.24. The molecule has 0 bridgehead atoms. The number of rotatable bonds is 5. The molecule has 106 valence electrons. The molecule has 1 aromatic heterocycles. The zero-order valence-corrected chi connectivity index (χ0v) is 12.7. The molecule has 20 heavy (non-hydrogen) atoms. The highest BCUT2D eigenvalue weighted by molar-refractivity contribution is 9.10. The Morgan fingerprint density at radius 1 is 1.50 bits per heavy atom. The van der Waals surface area contributed by atoms with Gasteiger partial charge in [-0.1, -0.05) is 15.9 Å². The zero-order valence-electron chi connectivity index (χ0n) is 11.1. The molecule has 0 saturated heterocycles. The first-order valence-corrected chi connectivity index (χ1v) is 6.75. The summed E-state index contributed by atoms with van der Waals surface area (Å²) >= 11 is 3.37. The summed E-state index contributed by atoms with van der Waals surface area (Å²) in [6.45, 7) is 2.02. The summed E-state index contributed by atoms with van der Waals surface area (Å²) < 4.78 is 12.6. The lowest BCUT2D eigenvalue weighted by atomic mass is 10.2. The van der Waals surface area contributed by atoms with Crippen LogP contribution in [0.3, 0.4) is 0 Å². The van der Waals surface area contributed by atoms with E-state index < -0.39 is 5.97 Å². The van der Waals surface area contributed by atoms with E-state index in [0.29, 0.717) is 11.3 Å². The maximum absolute atomic E-state index is 12.1. The second kappa shape index (κ2) is 6.62. The van der Waals surface area contributed by atoms with Crippen molar-refractivity contribution in [3.8, 4) is 5.69 Å². The van der Waals surface area contributed by atoms with Crippen molar-refractivity contribution in [2.45, 2.75) is 13.0 Å². The van der Waals surface area contributed by atoms with Crippen molar-refractivity contribution in [2.75, 3.05) is 13.7 Å². The van der Waals surface area contributed by atoms with Crippen molar-refractivity contribution >= 4 is 21.9 Å². The summed E-state index contributed by atoms with van der Waals surface area (Å²) in [5.41, 5.74) is 1.02. The normalized spacial score (nSPS) is 12.2. The molecule has 0 saturated carbocycles. The number of esters is 1. The van der Waals surface area contributed by atoms with Gasteiger partial charge in [-0.05, 0) is 25.1 Å². The fraction of sp³-hybridized carbons (Fsp3) is 0.308. The first-order valence-electron chi connectivity index (χ1n) is 5.96. The van der Waals surface area contributed by atoms with Crippen LogP contribution < -0.4 is 0 Å². The molecule has 1 aromatic carbocycles. The minimum atomic E-state index is -0.424. The predicted molar refractivity (Wildman–Crippen MR) is 75.8 cm³/mol. The Morgan fingerprint density at radius 3 is 2.95 bits per heavy atom.